The summed E-state index contributed by atoms with van der Waals surface area (Å²) in [5.74, 6) is 0.481. The lowest BCUT2D eigenvalue weighted by Crippen LogP contribution is -2.40. The van der Waals surface area contributed by atoms with Crippen molar-refractivity contribution in [1.82, 2.24) is 15.2 Å². The maximum absolute atomic E-state index is 13.0. The minimum absolute atomic E-state index is 0.0420. The van der Waals surface area contributed by atoms with Gasteiger partial charge >= 0.3 is 6.03 Å². The number of rotatable bonds is 4. The molecular formula is C21H18ClN3O3. The highest BCUT2D eigenvalue weighted by Gasteiger charge is 2.49. The topological polar surface area (TPSA) is 75.4 Å². The Morgan fingerprint density at radius 3 is 2.46 bits per heavy atom. The predicted molar refractivity (Wildman–Crippen MR) is 105 cm³/mol. The van der Waals surface area contributed by atoms with Crippen LogP contribution < -0.4 is 5.32 Å². The first kappa shape index (κ1) is 18.3. The number of amides is 3. The number of carbonyl (C=O) groups excluding carboxylic acids is 2. The molecule has 1 fully saturated rings. The van der Waals surface area contributed by atoms with Crippen LogP contribution in [-0.4, -0.2) is 21.8 Å². The lowest BCUT2D eigenvalue weighted by Gasteiger charge is -2.22. The number of hydrogen-bond acceptors (Lipinski definition) is 4. The molecule has 2 aromatic carbocycles. The predicted octanol–water partition coefficient (Wildman–Crippen LogP) is 4.27. The highest BCUT2D eigenvalue weighted by atomic mass is 35.5. The largest absolute Gasteiger partial charge is 0.439 e. The van der Waals surface area contributed by atoms with Crippen molar-refractivity contribution >= 4 is 23.5 Å². The van der Waals surface area contributed by atoms with Gasteiger partial charge in [-0.2, -0.15) is 0 Å². The molecular weight excluding hydrogens is 378 g/mol. The summed E-state index contributed by atoms with van der Waals surface area (Å²) in [5.41, 5.74) is 1.50. The van der Waals surface area contributed by atoms with E-state index >= 15 is 0 Å². The summed E-state index contributed by atoms with van der Waals surface area (Å²) in [5, 5.41) is 3.41. The summed E-state index contributed by atoms with van der Waals surface area (Å²) in [6.07, 6.45) is 1.57. The number of carbonyl (C=O) groups is 2. The van der Waals surface area contributed by atoms with Crippen LogP contribution in [-0.2, 0) is 16.9 Å². The van der Waals surface area contributed by atoms with Crippen LogP contribution in [0.4, 0.5) is 4.79 Å². The summed E-state index contributed by atoms with van der Waals surface area (Å²) < 4.78 is 5.73. The normalized spacial score (nSPS) is 19.2. The summed E-state index contributed by atoms with van der Waals surface area (Å²) >= 11 is 5.90. The Kier molecular flexibility index (Phi) is 4.43. The number of benzene rings is 2. The Morgan fingerprint density at radius 2 is 1.79 bits per heavy atom. The van der Waals surface area contributed by atoms with Gasteiger partial charge in [-0.15, -0.1) is 0 Å². The van der Waals surface area contributed by atoms with Gasteiger partial charge in [-0.25, -0.2) is 9.78 Å². The average molecular weight is 396 g/mol. The van der Waals surface area contributed by atoms with Crippen LogP contribution in [0.5, 0.6) is 0 Å². The number of nitrogens with one attached hydrogen (secondary N) is 1. The van der Waals surface area contributed by atoms with Crippen molar-refractivity contribution in [3.8, 4) is 11.3 Å². The Labute approximate surface area is 167 Å². The van der Waals surface area contributed by atoms with E-state index in [-0.39, 0.29) is 18.3 Å². The van der Waals surface area contributed by atoms with Gasteiger partial charge in [-0.3, -0.25) is 9.69 Å². The molecule has 0 unspecified atom stereocenters. The quantitative estimate of drug-likeness (QED) is 0.669. The Hall–Kier alpha value is -3.12. The number of nitrogens with zero attached hydrogens (tertiary/aromatic N) is 2. The summed E-state index contributed by atoms with van der Waals surface area (Å²) in [4.78, 5) is 30.8. The molecule has 1 atom stereocenters. The van der Waals surface area contributed by atoms with E-state index in [2.05, 4.69) is 10.3 Å². The van der Waals surface area contributed by atoms with Gasteiger partial charge in [0.2, 0.25) is 5.89 Å². The first-order valence-corrected chi connectivity index (χ1v) is 9.16. The fourth-order valence-corrected chi connectivity index (χ4v) is 3.32. The molecule has 0 radical (unpaired) electrons. The molecule has 1 aliphatic rings. The zero-order valence-electron chi connectivity index (χ0n) is 15.4. The summed E-state index contributed by atoms with van der Waals surface area (Å²) in [7, 11) is 0. The summed E-state index contributed by atoms with van der Waals surface area (Å²) in [6.45, 7) is 3.63. The van der Waals surface area contributed by atoms with Crippen molar-refractivity contribution < 1.29 is 14.0 Å². The van der Waals surface area contributed by atoms with Gasteiger partial charge in [0.15, 0.2) is 5.76 Å². The SMILES string of the molecule is Cc1ccc([C@@]2(C)NC(=O)N(Cc3ncc(-c4ccc(Cl)cc4)o3)C2=O)cc1. The van der Waals surface area contributed by atoms with Crippen molar-refractivity contribution in [2.75, 3.05) is 0 Å². The number of oxazole rings is 1. The van der Waals surface area contributed by atoms with Crippen LogP contribution >= 0.6 is 11.6 Å². The van der Waals surface area contributed by atoms with Crippen LogP contribution in [0.1, 0.15) is 23.9 Å². The molecule has 0 bridgehead atoms. The van der Waals surface area contributed by atoms with Crippen LogP contribution in [0, 0.1) is 6.92 Å². The molecule has 28 heavy (non-hydrogen) atoms. The molecule has 1 aromatic heterocycles. The number of hydrogen-bond donors (Lipinski definition) is 1. The van der Waals surface area contributed by atoms with E-state index in [4.69, 9.17) is 16.0 Å². The van der Waals surface area contributed by atoms with E-state index in [1.807, 2.05) is 43.3 Å². The van der Waals surface area contributed by atoms with Crippen LogP contribution in [0.25, 0.3) is 11.3 Å². The number of aryl methyl sites for hydroxylation is 1. The van der Waals surface area contributed by atoms with Crippen molar-refractivity contribution in [2.45, 2.75) is 25.9 Å². The first-order valence-electron chi connectivity index (χ1n) is 8.79. The Balaban J connectivity index is 1.55. The fraction of sp³-hybridized carbons (Fsp3) is 0.190. The molecule has 142 valence electrons. The second kappa shape index (κ2) is 6.80. The number of aromatic nitrogens is 1. The van der Waals surface area contributed by atoms with E-state index in [0.717, 1.165) is 21.6 Å². The van der Waals surface area contributed by atoms with Gasteiger partial charge in [0.05, 0.1) is 6.20 Å². The highest BCUT2D eigenvalue weighted by molar-refractivity contribution is 6.30. The zero-order chi connectivity index (χ0) is 19.9. The highest BCUT2D eigenvalue weighted by Crippen LogP contribution is 2.30. The lowest BCUT2D eigenvalue weighted by atomic mass is 9.91. The number of halogens is 1. The van der Waals surface area contributed by atoms with Gasteiger partial charge in [0.1, 0.15) is 12.1 Å². The molecule has 6 nitrogen and oxygen atoms in total. The maximum atomic E-state index is 13.0. The third-order valence-corrected chi connectivity index (χ3v) is 5.13. The minimum atomic E-state index is -1.11. The molecule has 0 saturated carbocycles. The monoisotopic (exact) mass is 395 g/mol. The minimum Gasteiger partial charge on any atom is -0.439 e. The van der Waals surface area contributed by atoms with Crippen molar-refractivity contribution in [3.63, 3.8) is 0 Å². The maximum Gasteiger partial charge on any atom is 0.325 e. The van der Waals surface area contributed by atoms with Gasteiger partial charge in [-0.05, 0) is 43.7 Å². The molecule has 4 rings (SSSR count). The molecule has 1 aliphatic heterocycles. The molecule has 1 saturated heterocycles. The first-order chi connectivity index (χ1) is 13.4. The smallest absolute Gasteiger partial charge is 0.325 e. The van der Waals surface area contributed by atoms with Crippen LogP contribution in [0.3, 0.4) is 0 Å². The van der Waals surface area contributed by atoms with Crippen molar-refractivity contribution in [3.05, 3.63) is 76.8 Å². The van der Waals surface area contributed by atoms with Crippen LogP contribution in [0.15, 0.2) is 59.1 Å². The van der Waals surface area contributed by atoms with Gasteiger partial charge < -0.3 is 9.73 Å². The van der Waals surface area contributed by atoms with E-state index in [0.29, 0.717) is 10.8 Å². The van der Waals surface area contributed by atoms with E-state index < -0.39 is 11.6 Å². The van der Waals surface area contributed by atoms with E-state index in [1.54, 1.807) is 25.3 Å². The Bertz CT molecular complexity index is 1040. The zero-order valence-corrected chi connectivity index (χ0v) is 16.2. The lowest BCUT2D eigenvalue weighted by molar-refractivity contribution is -0.131. The second-order valence-electron chi connectivity index (χ2n) is 6.94. The molecule has 0 spiro atoms. The molecule has 3 aromatic rings. The molecule has 1 N–H and O–H groups in total. The van der Waals surface area contributed by atoms with Gasteiger partial charge in [0.25, 0.3) is 5.91 Å². The van der Waals surface area contributed by atoms with Crippen molar-refractivity contribution in [1.29, 1.82) is 0 Å². The molecule has 2 heterocycles. The van der Waals surface area contributed by atoms with Crippen LogP contribution in [0.2, 0.25) is 5.02 Å². The molecule has 0 aliphatic carbocycles. The van der Waals surface area contributed by atoms with Crippen molar-refractivity contribution in [2.24, 2.45) is 0 Å². The third kappa shape index (κ3) is 3.16. The third-order valence-electron chi connectivity index (χ3n) is 4.88. The molecule has 7 heteroatoms. The average Bonchev–Trinajstić information content (AvgIpc) is 3.22. The fourth-order valence-electron chi connectivity index (χ4n) is 3.19. The second-order valence-corrected chi connectivity index (χ2v) is 7.37. The van der Waals surface area contributed by atoms with E-state index in [9.17, 15) is 9.59 Å². The molecule has 3 amide bonds. The number of urea groups is 1. The number of imide groups is 1. The van der Waals surface area contributed by atoms with E-state index in [1.165, 1.54) is 0 Å². The Morgan fingerprint density at radius 1 is 1.11 bits per heavy atom. The standard InChI is InChI=1S/C21H18ClN3O3/c1-13-3-7-15(8-4-13)21(2)19(26)25(20(27)24-21)12-18-23-11-17(28-18)14-5-9-16(22)10-6-14/h3-11H,12H2,1-2H3,(H,24,27)/t21-/m1/s1. The van der Waals surface area contributed by atoms with Gasteiger partial charge in [-0.1, -0.05) is 41.4 Å². The summed E-state index contributed by atoms with van der Waals surface area (Å²) in [6, 6.07) is 14.2. The van der Waals surface area contributed by atoms with Gasteiger partial charge in [0, 0.05) is 10.6 Å².